The number of benzene rings is 1. The number of anilines is 2. The van der Waals surface area contributed by atoms with Crippen molar-refractivity contribution in [3.63, 3.8) is 0 Å². The molecule has 0 atom stereocenters. The molecule has 2 amide bonds. The largest absolute Gasteiger partial charge is 0.326 e. The van der Waals surface area contributed by atoms with Crippen LogP contribution in [0, 0.1) is 0 Å². The summed E-state index contributed by atoms with van der Waals surface area (Å²) >= 11 is 2.88. The van der Waals surface area contributed by atoms with Crippen LogP contribution in [0.4, 0.5) is 10.8 Å². The predicted octanol–water partition coefficient (Wildman–Crippen LogP) is 5.30. The van der Waals surface area contributed by atoms with E-state index in [0.717, 1.165) is 17.0 Å². The van der Waals surface area contributed by atoms with E-state index in [2.05, 4.69) is 34.7 Å². The van der Waals surface area contributed by atoms with E-state index in [1.54, 1.807) is 16.7 Å². The monoisotopic (exact) mass is 427 g/mol. The molecule has 0 bridgehead atoms. The third-order valence-electron chi connectivity index (χ3n) is 4.36. The van der Waals surface area contributed by atoms with Crippen LogP contribution >= 0.6 is 22.7 Å². The summed E-state index contributed by atoms with van der Waals surface area (Å²) in [5, 5.41) is 9.97. The first-order valence-corrected chi connectivity index (χ1v) is 11.5. The zero-order valence-electron chi connectivity index (χ0n) is 16.4. The zero-order valence-corrected chi connectivity index (χ0v) is 18.1. The van der Waals surface area contributed by atoms with E-state index >= 15 is 0 Å². The Kier molecular flexibility index (Phi) is 7.95. The number of aryl methyl sites for hydroxylation is 1. The lowest BCUT2D eigenvalue weighted by atomic mass is 10.1. The maximum absolute atomic E-state index is 12.3. The average molecular weight is 428 g/mol. The van der Waals surface area contributed by atoms with Gasteiger partial charge in [0.1, 0.15) is 0 Å². The van der Waals surface area contributed by atoms with Crippen molar-refractivity contribution in [2.24, 2.45) is 0 Å². The third-order valence-corrected chi connectivity index (χ3v) is 6.04. The van der Waals surface area contributed by atoms with E-state index in [9.17, 15) is 9.59 Å². The highest BCUT2D eigenvalue weighted by Crippen LogP contribution is 2.18. The van der Waals surface area contributed by atoms with Crippen molar-refractivity contribution in [2.75, 3.05) is 10.6 Å². The molecule has 5 nitrogen and oxygen atoms in total. The first-order chi connectivity index (χ1) is 14.1. The second-order valence-corrected chi connectivity index (χ2v) is 8.72. The summed E-state index contributed by atoms with van der Waals surface area (Å²) in [4.78, 5) is 29.7. The van der Waals surface area contributed by atoms with Crippen LogP contribution < -0.4 is 10.6 Å². The molecule has 0 radical (unpaired) electrons. The fourth-order valence-electron chi connectivity index (χ4n) is 2.88. The number of thiazole rings is 1. The smallest absolute Gasteiger partial charge is 0.231 e. The number of nitrogens with zero attached hydrogens (tertiary/aromatic N) is 1. The number of thiophene rings is 1. The van der Waals surface area contributed by atoms with E-state index in [0.29, 0.717) is 17.2 Å². The molecule has 0 saturated carbocycles. The fraction of sp³-hybridized carbons (Fsp3) is 0.318. The van der Waals surface area contributed by atoms with Gasteiger partial charge in [-0.3, -0.25) is 9.59 Å². The lowest BCUT2D eigenvalue weighted by Gasteiger charge is -2.06. The van der Waals surface area contributed by atoms with Crippen molar-refractivity contribution in [1.82, 2.24) is 4.98 Å². The van der Waals surface area contributed by atoms with Crippen LogP contribution in [0.5, 0.6) is 0 Å². The van der Waals surface area contributed by atoms with Gasteiger partial charge < -0.3 is 10.6 Å². The van der Waals surface area contributed by atoms with E-state index in [4.69, 9.17) is 0 Å². The molecule has 0 spiro atoms. The van der Waals surface area contributed by atoms with Crippen LogP contribution in [0.15, 0.2) is 47.2 Å². The molecule has 0 aliphatic rings. The number of carbonyl (C=O) groups is 2. The first kappa shape index (κ1) is 21.2. The molecule has 0 fully saturated rings. The molecule has 1 aromatic carbocycles. The summed E-state index contributed by atoms with van der Waals surface area (Å²) in [6.07, 6.45) is 5.23. The number of nitrogens with one attached hydrogen (secondary N) is 2. The van der Waals surface area contributed by atoms with Crippen molar-refractivity contribution < 1.29 is 9.59 Å². The Balaban J connectivity index is 1.45. The molecule has 0 aliphatic carbocycles. The Hall–Kier alpha value is -2.51. The first-order valence-electron chi connectivity index (χ1n) is 9.78. The molecule has 2 heterocycles. The van der Waals surface area contributed by atoms with Crippen molar-refractivity contribution >= 4 is 45.3 Å². The normalized spacial score (nSPS) is 10.7. The lowest BCUT2D eigenvalue weighted by Crippen LogP contribution is -2.15. The molecule has 0 unspecified atom stereocenters. The highest BCUT2D eigenvalue weighted by molar-refractivity contribution is 7.14. The third kappa shape index (κ3) is 7.11. The van der Waals surface area contributed by atoms with Crippen molar-refractivity contribution in [3.8, 4) is 0 Å². The summed E-state index contributed by atoms with van der Waals surface area (Å²) in [7, 11) is 0. The van der Waals surface area contributed by atoms with Gasteiger partial charge in [-0.2, -0.15) is 0 Å². The number of carbonyl (C=O) groups excluding carboxylic acids is 2. The van der Waals surface area contributed by atoms with Crippen LogP contribution in [0.3, 0.4) is 0 Å². The van der Waals surface area contributed by atoms with E-state index in [-0.39, 0.29) is 18.2 Å². The van der Waals surface area contributed by atoms with Crippen LogP contribution in [-0.2, 0) is 28.9 Å². The Bertz CT molecular complexity index is 918. The quantitative estimate of drug-likeness (QED) is 0.431. The van der Waals surface area contributed by atoms with Crippen LogP contribution in [0.25, 0.3) is 0 Å². The fourth-order valence-corrected chi connectivity index (χ4v) is 4.31. The minimum atomic E-state index is -0.120. The maximum atomic E-state index is 12.3. The van der Waals surface area contributed by atoms with Gasteiger partial charge in [0.2, 0.25) is 11.8 Å². The van der Waals surface area contributed by atoms with Gasteiger partial charge in [0.25, 0.3) is 0 Å². The van der Waals surface area contributed by atoms with Gasteiger partial charge in [-0.1, -0.05) is 38.0 Å². The van der Waals surface area contributed by atoms with Crippen molar-refractivity contribution in [1.29, 1.82) is 0 Å². The molecular weight excluding hydrogens is 402 g/mol. The predicted molar refractivity (Wildman–Crippen MR) is 121 cm³/mol. The van der Waals surface area contributed by atoms with Crippen LogP contribution in [-0.4, -0.2) is 16.8 Å². The maximum Gasteiger partial charge on any atom is 0.231 e. The number of aromatic nitrogens is 1. The Labute approximate surface area is 179 Å². The minimum absolute atomic E-state index is 0.100. The number of hydrogen-bond acceptors (Lipinski definition) is 5. The second kappa shape index (κ2) is 10.9. The molecule has 3 rings (SSSR count). The Morgan fingerprint density at radius 3 is 2.48 bits per heavy atom. The number of unbranched alkanes of at least 4 members (excludes halogenated alkanes) is 2. The zero-order chi connectivity index (χ0) is 20.5. The summed E-state index contributed by atoms with van der Waals surface area (Å²) in [5.41, 5.74) is 2.72. The number of hydrogen-bond donors (Lipinski definition) is 2. The minimum Gasteiger partial charge on any atom is -0.326 e. The van der Waals surface area contributed by atoms with E-state index in [1.165, 1.54) is 36.2 Å². The molecule has 3 aromatic rings. The SMILES string of the molecule is CCCCCc1ccc(NC(=O)Cc2csc(NC(=O)Cc3cccs3)n2)cc1. The standard InChI is InChI=1S/C22H25N3O2S2/c1-2-3-4-6-16-8-10-17(11-9-16)23-20(26)13-18-15-29-22(24-18)25-21(27)14-19-7-5-12-28-19/h5,7-12,15H,2-4,6,13-14H2,1H3,(H,23,26)(H,24,25,27). The van der Waals surface area contributed by atoms with Gasteiger partial charge in [-0.25, -0.2) is 4.98 Å². The summed E-state index contributed by atoms with van der Waals surface area (Å²) in [6.45, 7) is 2.20. The molecule has 2 N–H and O–H groups in total. The molecule has 2 aromatic heterocycles. The summed E-state index contributed by atoms with van der Waals surface area (Å²) in [6, 6.07) is 11.9. The van der Waals surface area contributed by atoms with Gasteiger partial charge in [0.15, 0.2) is 5.13 Å². The number of amides is 2. The van der Waals surface area contributed by atoms with Crippen molar-refractivity contribution in [3.05, 3.63) is 63.3 Å². The van der Waals surface area contributed by atoms with E-state index < -0.39 is 0 Å². The number of rotatable bonds is 10. The second-order valence-electron chi connectivity index (χ2n) is 6.83. The van der Waals surface area contributed by atoms with Gasteiger partial charge >= 0.3 is 0 Å². The topological polar surface area (TPSA) is 71.1 Å². The van der Waals surface area contributed by atoms with Gasteiger partial charge in [0.05, 0.1) is 18.5 Å². The molecule has 29 heavy (non-hydrogen) atoms. The van der Waals surface area contributed by atoms with Gasteiger partial charge in [-0.05, 0) is 42.0 Å². The van der Waals surface area contributed by atoms with Gasteiger partial charge in [-0.15, -0.1) is 22.7 Å². The van der Waals surface area contributed by atoms with Crippen LogP contribution in [0.2, 0.25) is 0 Å². The molecule has 0 aliphatic heterocycles. The molecular formula is C22H25N3O2S2. The summed E-state index contributed by atoms with van der Waals surface area (Å²) in [5.74, 6) is -0.220. The van der Waals surface area contributed by atoms with Crippen molar-refractivity contribution in [2.45, 2.75) is 45.4 Å². The highest BCUT2D eigenvalue weighted by Gasteiger charge is 2.11. The molecule has 0 saturated heterocycles. The van der Waals surface area contributed by atoms with E-state index in [1.807, 2.05) is 29.6 Å². The van der Waals surface area contributed by atoms with Gasteiger partial charge in [0, 0.05) is 15.9 Å². The Morgan fingerprint density at radius 1 is 0.966 bits per heavy atom. The Morgan fingerprint density at radius 2 is 1.76 bits per heavy atom. The highest BCUT2D eigenvalue weighted by atomic mass is 32.1. The van der Waals surface area contributed by atoms with Crippen LogP contribution in [0.1, 0.15) is 42.3 Å². The molecule has 7 heteroatoms. The molecule has 152 valence electrons. The average Bonchev–Trinajstić information content (AvgIpc) is 3.35. The lowest BCUT2D eigenvalue weighted by molar-refractivity contribution is -0.116. The summed E-state index contributed by atoms with van der Waals surface area (Å²) < 4.78 is 0.